The fourth-order valence-corrected chi connectivity index (χ4v) is 1.52. The highest BCUT2D eigenvalue weighted by atomic mass is 16.5. The molecule has 3 N–H and O–H groups in total. The summed E-state index contributed by atoms with van der Waals surface area (Å²) in [4.78, 5) is 22.9. The molecule has 18 heavy (non-hydrogen) atoms. The van der Waals surface area contributed by atoms with Gasteiger partial charge in [0.15, 0.2) is 0 Å². The molecule has 5 heteroatoms. The number of esters is 1. The third kappa shape index (κ3) is 4.08. The zero-order valence-electron chi connectivity index (χ0n) is 10.7. The standard InChI is InChI=1S/C13H18N2O3/c1-3-15-12(16)6-7-18-13(17)11-5-4-10(14)8-9(11)2/h4-5,8H,3,6-7,14H2,1-2H3,(H,15,16). The van der Waals surface area contributed by atoms with Gasteiger partial charge in [-0.3, -0.25) is 4.79 Å². The average molecular weight is 250 g/mol. The smallest absolute Gasteiger partial charge is 0.338 e. The average Bonchev–Trinajstić information content (AvgIpc) is 2.29. The number of aryl methyl sites for hydroxylation is 1. The van der Waals surface area contributed by atoms with Gasteiger partial charge in [-0.1, -0.05) is 0 Å². The monoisotopic (exact) mass is 250 g/mol. The third-order valence-corrected chi connectivity index (χ3v) is 2.41. The SMILES string of the molecule is CCNC(=O)CCOC(=O)c1ccc(N)cc1C. The van der Waals surface area contributed by atoms with Gasteiger partial charge in [-0.2, -0.15) is 0 Å². The zero-order valence-corrected chi connectivity index (χ0v) is 10.7. The van der Waals surface area contributed by atoms with E-state index in [9.17, 15) is 9.59 Å². The molecule has 1 amide bonds. The highest BCUT2D eigenvalue weighted by molar-refractivity contribution is 5.91. The molecule has 0 saturated carbocycles. The predicted molar refractivity (Wildman–Crippen MR) is 69.2 cm³/mol. The Labute approximate surface area is 106 Å². The molecule has 5 nitrogen and oxygen atoms in total. The van der Waals surface area contributed by atoms with Gasteiger partial charge >= 0.3 is 5.97 Å². The Balaban J connectivity index is 2.48. The van der Waals surface area contributed by atoms with E-state index in [0.29, 0.717) is 17.8 Å². The molecule has 0 spiro atoms. The molecule has 0 atom stereocenters. The fourth-order valence-electron chi connectivity index (χ4n) is 1.52. The maximum Gasteiger partial charge on any atom is 0.338 e. The van der Waals surface area contributed by atoms with Gasteiger partial charge in [-0.15, -0.1) is 0 Å². The normalized spacial score (nSPS) is 9.89. The van der Waals surface area contributed by atoms with Crippen molar-refractivity contribution < 1.29 is 14.3 Å². The number of ether oxygens (including phenoxy) is 1. The minimum absolute atomic E-state index is 0.0779. The Hall–Kier alpha value is -2.04. The summed E-state index contributed by atoms with van der Waals surface area (Å²) in [5.74, 6) is -0.559. The summed E-state index contributed by atoms with van der Waals surface area (Å²) in [6.07, 6.45) is 0.174. The van der Waals surface area contributed by atoms with Gasteiger partial charge in [-0.05, 0) is 37.6 Å². The van der Waals surface area contributed by atoms with Crippen molar-refractivity contribution in [2.45, 2.75) is 20.3 Å². The Morgan fingerprint density at radius 1 is 1.39 bits per heavy atom. The quantitative estimate of drug-likeness (QED) is 0.609. The van der Waals surface area contributed by atoms with Crippen LogP contribution >= 0.6 is 0 Å². The fraction of sp³-hybridized carbons (Fsp3) is 0.385. The topological polar surface area (TPSA) is 81.4 Å². The summed E-state index contributed by atoms with van der Waals surface area (Å²) in [5, 5.41) is 2.63. The van der Waals surface area contributed by atoms with E-state index in [1.165, 1.54) is 0 Å². The number of benzene rings is 1. The van der Waals surface area contributed by atoms with Crippen molar-refractivity contribution in [1.82, 2.24) is 5.32 Å². The summed E-state index contributed by atoms with van der Waals surface area (Å²) in [7, 11) is 0. The Bertz CT molecular complexity index is 444. The number of nitrogen functional groups attached to an aromatic ring is 1. The Morgan fingerprint density at radius 3 is 2.72 bits per heavy atom. The maximum atomic E-state index is 11.7. The van der Waals surface area contributed by atoms with E-state index in [0.717, 1.165) is 5.56 Å². The van der Waals surface area contributed by atoms with E-state index in [4.69, 9.17) is 10.5 Å². The van der Waals surface area contributed by atoms with Gasteiger partial charge in [-0.25, -0.2) is 4.79 Å². The van der Waals surface area contributed by atoms with Crippen molar-refractivity contribution in [2.75, 3.05) is 18.9 Å². The number of amides is 1. The van der Waals surface area contributed by atoms with Crippen LogP contribution in [0.3, 0.4) is 0 Å². The molecule has 0 unspecified atom stereocenters. The number of carbonyl (C=O) groups is 2. The molecule has 0 aliphatic rings. The summed E-state index contributed by atoms with van der Waals surface area (Å²) in [5.41, 5.74) is 7.43. The molecule has 1 rings (SSSR count). The van der Waals surface area contributed by atoms with Crippen molar-refractivity contribution in [3.63, 3.8) is 0 Å². The summed E-state index contributed by atoms with van der Waals surface area (Å²) in [6.45, 7) is 4.27. The van der Waals surface area contributed by atoms with Crippen LogP contribution in [0.1, 0.15) is 29.3 Å². The Kier molecular flexibility index (Phi) is 5.17. The number of hydrogen-bond acceptors (Lipinski definition) is 4. The molecule has 1 aromatic rings. The number of nitrogens with two attached hydrogens (primary N) is 1. The van der Waals surface area contributed by atoms with Crippen molar-refractivity contribution in [3.05, 3.63) is 29.3 Å². The highest BCUT2D eigenvalue weighted by Gasteiger charge is 2.11. The van der Waals surface area contributed by atoms with Crippen LogP contribution in [0.5, 0.6) is 0 Å². The van der Waals surface area contributed by atoms with Crippen molar-refractivity contribution in [3.8, 4) is 0 Å². The van der Waals surface area contributed by atoms with E-state index in [1.807, 2.05) is 6.92 Å². The number of hydrogen-bond donors (Lipinski definition) is 2. The lowest BCUT2D eigenvalue weighted by atomic mass is 10.1. The van der Waals surface area contributed by atoms with Crippen LogP contribution < -0.4 is 11.1 Å². The summed E-state index contributed by atoms with van der Waals surface area (Å²) in [6, 6.07) is 4.98. The highest BCUT2D eigenvalue weighted by Crippen LogP contribution is 2.13. The van der Waals surface area contributed by atoms with Crippen LogP contribution in [-0.4, -0.2) is 25.0 Å². The number of nitrogens with one attached hydrogen (secondary N) is 1. The number of rotatable bonds is 5. The van der Waals surface area contributed by atoms with Crippen molar-refractivity contribution >= 4 is 17.6 Å². The van der Waals surface area contributed by atoms with Crippen LogP contribution in [-0.2, 0) is 9.53 Å². The molecule has 0 heterocycles. The van der Waals surface area contributed by atoms with Gasteiger partial charge in [0, 0.05) is 12.2 Å². The van der Waals surface area contributed by atoms with Gasteiger partial charge in [0.05, 0.1) is 12.0 Å². The van der Waals surface area contributed by atoms with E-state index in [-0.39, 0.29) is 18.9 Å². The van der Waals surface area contributed by atoms with Crippen molar-refractivity contribution in [1.29, 1.82) is 0 Å². The van der Waals surface area contributed by atoms with E-state index >= 15 is 0 Å². The minimum atomic E-state index is -0.434. The van der Waals surface area contributed by atoms with E-state index < -0.39 is 5.97 Å². The first-order chi connectivity index (χ1) is 8.54. The van der Waals surface area contributed by atoms with Crippen LogP contribution in [0.4, 0.5) is 5.69 Å². The molecule has 0 bridgehead atoms. The largest absolute Gasteiger partial charge is 0.462 e. The minimum Gasteiger partial charge on any atom is -0.462 e. The second kappa shape index (κ2) is 6.64. The lowest BCUT2D eigenvalue weighted by Gasteiger charge is -2.07. The first-order valence-corrected chi connectivity index (χ1v) is 5.84. The van der Waals surface area contributed by atoms with Crippen molar-refractivity contribution in [2.24, 2.45) is 0 Å². The lowest BCUT2D eigenvalue weighted by molar-refractivity contribution is -0.121. The first-order valence-electron chi connectivity index (χ1n) is 5.84. The lowest BCUT2D eigenvalue weighted by Crippen LogP contribution is -2.24. The second-order valence-corrected chi connectivity index (χ2v) is 3.91. The number of carbonyl (C=O) groups excluding carboxylic acids is 2. The molecular formula is C13H18N2O3. The molecule has 0 radical (unpaired) electrons. The molecular weight excluding hydrogens is 232 g/mol. The Morgan fingerprint density at radius 2 is 2.11 bits per heavy atom. The first kappa shape index (κ1) is 14.0. The zero-order chi connectivity index (χ0) is 13.5. The summed E-state index contributed by atoms with van der Waals surface area (Å²) >= 11 is 0. The van der Waals surface area contributed by atoms with Crippen LogP contribution in [0.25, 0.3) is 0 Å². The molecule has 0 aliphatic heterocycles. The van der Waals surface area contributed by atoms with Gasteiger partial charge < -0.3 is 15.8 Å². The summed E-state index contributed by atoms with van der Waals surface area (Å²) < 4.78 is 5.03. The van der Waals surface area contributed by atoms with Gasteiger partial charge in [0.1, 0.15) is 6.61 Å². The van der Waals surface area contributed by atoms with E-state index in [1.54, 1.807) is 25.1 Å². The number of anilines is 1. The molecule has 0 aliphatic carbocycles. The molecule has 98 valence electrons. The molecule has 0 fully saturated rings. The second-order valence-electron chi connectivity index (χ2n) is 3.91. The van der Waals surface area contributed by atoms with Crippen LogP contribution in [0.15, 0.2) is 18.2 Å². The maximum absolute atomic E-state index is 11.7. The molecule has 0 aromatic heterocycles. The van der Waals surface area contributed by atoms with E-state index in [2.05, 4.69) is 5.32 Å². The predicted octanol–water partition coefficient (Wildman–Crippen LogP) is 1.26. The van der Waals surface area contributed by atoms with Gasteiger partial charge in [0.25, 0.3) is 0 Å². The van der Waals surface area contributed by atoms with Crippen LogP contribution in [0.2, 0.25) is 0 Å². The molecule has 0 saturated heterocycles. The third-order valence-electron chi connectivity index (χ3n) is 2.41. The molecule has 1 aromatic carbocycles. The van der Waals surface area contributed by atoms with Gasteiger partial charge in [0.2, 0.25) is 5.91 Å². The van der Waals surface area contributed by atoms with Crippen LogP contribution in [0, 0.1) is 6.92 Å².